The third kappa shape index (κ3) is 4.71. The first-order valence-corrected chi connectivity index (χ1v) is 13.0. The summed E-state index contributed by atoms with van der Waals surface area (Å²) in [4.78, 5) is 14.9. The summed E-state index contributed by atoms with van der Waals surface area (Å²) in [7, 11) is 1.83. The lowest BCUT2D eigenvalue weighted by Gasteiger charge is -2.39. The third-order valence-corrected chi connectivity index (χ3v) is 7.90. The average Bonchev–Trinajstić information content (AvgIpc) is 3.50. The first-order valence-electron chi connectivity index (χ1n) is 13.0. The summed E-state index contributed by atoms with van der Waals surface area (Å²) >= 11 is 0. The van der Waals surface area contributed by atoms with Gasteiger partial charge in [-0.05, 0) is 80.0 Å². The Balaban J connectivity index is 1.32. The fourth-order valence-electron chi connectivity index (χ4n) is 5.30. The molecule has 0 radical (unpaired) electrons. The number of halogens is 3. The van der Waals surface area contributed by atoms with Gasteiger partial charge in [-0.2, -0.15) is 13.2 Å². The number of nitrogens with one attached hydrogen (secondary N) is 1. The average molecular weight is 526 g/mol. The molecule has 0 spiro atoms. The molecular weight excluding hydrogens is 495 g/mol. The topological polar surface area (TPSA) is 72.3 Å². The number of aryl methyl sites for hydroxylation is 1. The van der Waals surface area contributed by atoms with Crippen LogP contribution in [0.1, 0.15) is 83.6 Å². The lowest BCUT2D eigenvalue weighted by molar-refractivity contribution is -0.138. The minimum atomic E-state index is -4.56. The van der Waals surface area contributed by atoms with Crippen LogP contribution in [0.2, 0.25) is 0 Å². The maximum absolute atomic E-state index is 14.1. The Hall–Kier alpha value is -3.24. The molecule has 7 nitrogen and oxygen atoms in total. The van der Waals surface area contributed by atoms with Crippen molar-refractivity contribution in [3.63, 3.8) is 0 Å². The molecule has 1 unspecified atom stereocenters. The first kappa shape index (κ1) is 25.1. The van der Waals surface area contributed by atoms with Gasteiger partial charge in [-0.15, -0.1) is 10.2 Å². The second kappa shape index (κ2) is 9.20. The number of aromatic nitrogens is 3. The van der Waals surface area contributed by atoms with E-state index in [1.165, 1.54) is 11.0 Å². The monoisotopic (exact) mass is 525 g/mol. The highest BCUT2D eigenvalue weighted by atomic mass is 19.4. The summed E-state index contributed by atoms with van der Waals surface area (Å²) in [5.74, 6) is 0.194. The molecule has 1 atom stereocenters. The number of nitrogens with zero attached hydrogens (tertiary/aromatic N) is 4. The van der Waals surface area contributed by atoms with Gasteiger partial charge in [0.1, 0.15) is 12.4 Å². The molecule has 0 bridgehead atoms. The van der Waals surface area contributed by atoms with Gasteiger partial charge in [-0.25, -0.2) is 0 Å². The van der Waals surface area contributed by atoms with Gasteiger partial charge in [-0.1, -0.05) is 12.1 Å². The highest BCUT2D eigenvalue weighted by Gasteiger charge is 2.41. The van der Waals surface area contributed by atoms with E-state index in [-0.39, 0.29) is 35.9 Å². The van der Waals surface area contributed by atoms with Crippen LogP contribution in [0.25, 0.3) is 0 Å². The van der Waals surface area contributed by atoms with E-state index in [0.717, 1.165) is 37.7 Å². The number of alkyl halides is 3. The van der Waals surface area contributed by atoms with Crippen LogP contribution in [0.3, 0.4) is 0 Å². The van der Waals surface area contributed by atoms with Gasteiger partial charge in [0.25, 0.3) is 5.91 Å². The van der Waals surface area contributed by atoms with Crippen molar-refractivity contribution in [3.05, 3.63) is 76.4 Å². The van der Waals surface area contributed by atoms with Crippen LogP contribution in [0, 0.1) is 0 Å². The third-order valence-electron chi connectivity index (χ3n) is 7.90. The summed E-state index contributed by atoms with van der Waals surface area (Å²) in [6.07, 6.45) is 1.69. The number of fused-ring (bicyclic) bond motifs is 1. The smallest absolute Gasteiger partial charge is 0.362 e. The molecule has 1 aromatic heterocycles. The number of hydrogen-bond acceptors (Lipinski definition) is 5. The normalized spacial score (nSPS) is 19.4. The Morgan fingerprint density at radius 3 is 2.63 bits per heavy atom. The maximum Gasteiger partial charge on any atom is 0.416 e. The van der Waals surface area contributed by atoms with Gasteiger partial charge in [0, 0.05) is 30.4 Å². The molecule has 2 aliphatic carbocycles. The molecule has 0 saturated heterocycles. The second-order valence-electron chi connectivity index (χ2n) is 10.9. The predicted molar refractivity (Wildman–Crippen MR) is 134 cm³/mol. The van der Waals surface area contributed by atoms with E-state index in [4.69, 9.17) is 4.74 Å². The van der Waals surface area contributed by atoms with Crippen LogP contribution in [0.15, 0.2) is 42.7 Å². The number of benzene rings is 2. The van der Waals surface area contributed by atoms with Crippen LogP contribution in [-0.2, 0) is 31.1 Å². The van der Waals surface area contributed by atoms with Crippen molar-refractivity contribution in [3.8, 4) is 0 Å². The summed E-state index contributed by atoms with van der Waals surface area (Å²) in [6.45, 7) is 2.22. The second-order valence-corrected chi connectivity index (χ2v) is 10.9. The molecule has 200 valence electrons. The number of amides is 1. The highest BCUT2D eigenvalue weighted by Crippen LogP contribution is 2.41. The molecule has 2 heterocycles. The lowest BCUT2D eigenvalue weighted by Crippen LogP contribution is -2.47. The largest absolute Gasteiger partial charge is 0.416 e. The van der Waals surface area contributed by atoms with Gasteiger partial charge in [0.15, 0.2) is 5.82 Å². The zero-order valence-electron chi connectivity index (χ0n) is 21.4. The molecular formula is C28H30F3N5O2. The Kier molecular flexibility index (Phi) is 6.07. The fraction of sp³-hybridized carbons (Fsp3) is 0.464. The minimum Gasteiger partial charge on any atom is -0.362 e. The summed E-state index contributed by atoms with van der Waals surface area (Å²) in [5, 5.41) is 11.6. The number of carbonyl (C=O) groups is 1. The van der Waals surface area contributed by atoms with Gasteiger partial charge in [0.2, 0.25) is 0 Å². The number of carbonyl (C=O) groups excluding carboxylic acids is 1. The van der Waals surface area contributed by atoms with Gasteiger partial charge in [-0.3, -0.25) is 4.79 Å². The number of rotatable bonds is 8. The van der Waals surface area contributed by atoms with Crippen molar-refractivity contribution < 1.29 is 22.7 Å². The zero-order valence-corrected chi connectivity index (χ0v) is 21.4. The lowest BCUT2D eigenvalue weighted by atomic mass is 9.78. The molecule has 1 N–H and O–H groups in total. The fourth-order valence-corrected chi connectivity index (χ4v) is 5.30. The van der Waals surface area contributed by atoms with E-state index in [2.05, 4.69) is 22.4 Å². The molecule has 1 aliphatic heterocycles. The first-order chi connectivity index (χ1) is 18.1. The Morgan fingerprint density at radius 1 is 1.21 bits per heavy atom. The standard InChI is InChI=1S/C28H30F3N5O2/c1-27(9-4-10-27)32-14-17-11-21-22(23(12-17)28(29,30)31)15-36(26(21)37)19-6-3-5-18(13-19)24(38-20-7-8-20)25-34-33-16-35(25)2/h3,5-6,11-13,16,20,24,32H,4,7-10,14-15H2,1-2H3. The molecule has 3 aromatic rings. The Morgan fingerprint density at radius 2 is 2.00 bits per heavy atom. The summed E-state index contributed by atoms with van der Waals surface area (Å²) < 4.78 is 50.5. The Bertz CT molecular complexity index is 1380. The Labute approximate surface area is 219 Å². The molecule has 1 amide bonds. The molecule has 3 aliphatic rings. The van der Waals surface area contributed by atoms with E-state index in [9.17, 15) is 18.0 Å². The van der Waals surface area contributed by atoms with Crippen LogP contribution in [0.4, 0.5) is 18.9 Å². The van der Waals surface area contributed by atoms with Crippen LogP contribution >= 0.6 is 0 Å². The maximum atomic E-state index is 14.1. The van der Waals surface area contributed by atoms with E-state index >= 15 is 0 Å². The number of ether oxygens (including phenoxy) is 1. The molecule has 2 saturated carbocycles. The van der Waals surface area contributed by atoms with Crippen molar-refractivity contribution in [1.29, 1.82) is 0 Å². The summed E-state index contributed by atoms with van der Waals surface area (Å²) in [5.41, 5.74) is 1.08. The van der Waals surface area contributed by atoms with Crippen molar-refractivity contribution in [2.75, 3.05) is 4.90 Å². The van der Waals surface area contributed by atoms with Crippen LogP contribution in [0.5, 0.6) is 0 Å². The van der Waals surface area contributed by atoms with Crippen molar-refractivity contribution >= 4 is 11.6 Å². The van der Waals surface area contributed by atoms with Gasteiger partial charge < -0.3 is 19.5 Å². The van der Waals surface area contributed by atoms with E-state index in [1.54, 1.807) is 35.2 Å². The molecule has 2 aromatic carbocycles. The van der Waals surface area contributed by atoms with Crippen molar-refractivity contribution in [1.82, 2.24) is 20.1 Å². The minimum absolute atomic E-state index is 0.0191. The van der Waals surface area contributed by atoms with E-state index in [1.807, 2.05) is 13.1 Å². The van der Waals surface area contributed by atoms with Crippen molar-refractivity contribution in [2.24, 2.45) is 7.05 Å². The number of hydrogen-bond donors (Lipinski definition) is 1. The molecule has 38 heavy (non-hydrogen) atoms. The SMILES string of the molecule is Cn1cnnc1C(OC1CC1)c1cccc(N2Cc3c(cc(CNC4(C)CCC4)cc3C(F)(F)F)C2=O)c1. The highest BCUT2D eigenvalue weighted by molar-refractivity contribution is 6.10. The van der Waals surface area contributed by atoms with Crippen molar-refractivity contribution in [2.45, 2.75) is 76.0 Å². The summed E-state index contributed by atoms with van der Waals surface area (Å²) in [6, 6.07) is 10.0. The van der Waals surface area contributed by atoms with Gasteiger partial charge in [0.05, 0.1) is 18.2 Å². The predicted octanol–water partition coefficient (Wildman–Crippen LogP) is 5.29. The van der Waals surface area contributed by atoms with Crippen LogP contribution < -0.4 is 10.2 Å². The molecule has 6 rings (SSSR count). The zero-order chi connectivity index (χ0) is 26.7. The van der Waals surface area contributed by atoms with E-state index in [0.29, 0.717) is 17.1 Å². The molecule has 10 heteroatoms. The molecule has 2 fully saturated rings. The van der Waals surface area contributed by atoms with E-state index < -0.39 is 23.8 Å². The number of anilines is 1. The quantitative estimate of drug-likeness (QED) is 0.433. The van der Waals surface area contributed by atoms with Gasteiger partial charge >= 0.3 is 6.18 Å². The van der Waals surface area contributed by atoms with Crippen LogP contribution in [-0.4, -0.2) is 32.3 Å².